The molecule has 0 saturated heterocycles. The lowest BCUT2D eigenvalue weighted by atomic mass is 9.95. The highest BCUT2D eigenvalue weighted by Crippen LogP contribution is 2.17. The highest BCUT2D eigenvalue weighted by molar-refractivity contribution is 5.81. The Balaban J connectivity index is 2.27. The van der Waals surface area contributed by atoms with E-state index in [2.05, 4.69) is 24.1 Å². The van der Waals surface area contributed by atoms with Crippen LogP contribution in [0.15, 0.2) is 12.7 Å². The molecule has 98 valence electrons. The van der Waals surface area contributed by atoms with Gasteiger partial charge in [-0.05, 0) is 33.1 Å². The molecule has 17 heavy (non-hydrogen) atoms. The first-order valence-corrected chi connectivity index (χ1v) is 6.80. The van der Waals surface area contributed by atoms with Crippen LogP contribution >= 0.6 is 0 Å². The number of carbonyl (C=O) groups is 1. The van der Waals surface area contributed by atoms with Gasteiger partial charge in [0.25, 0.3) is 0 Å². The van der Waals surface area contributed by atoms with Crippen molar-refractivity contribution < 1.29 is 4.79 Å². The summed E-state index contributed by atoms with van der Waals surface area (Å²) in [5.74, 6) is 0.132. The first-order chi connectivity index (χ1) is 8.13. The van der Waals surface area contributed by atoms with Crippen LogP contribution < -0.4 is 10.6 Å². The van der Waals surface area contributed by atoms with E-state index in [1.54, 1.807) is 0 Å². The Kier molecular flexibility index (Phi) is 6.27. The van der Waals surface area contributed by atoms with E-state index in [0.29, 0.717) is 12.1 Å². The third kappa shape index (κ3) is 5.35. The molecule has 1 aliphatic carbocycles. The third-order valence-corrected chi connectivity index (χ3v) is 3.40. The summed E-state index contributed by atoms with van der Waals surface area (Å²) in [6, 6.07) is 0.585. The average Bonchev–Trinajstić information content (AvgIpc) is 2.30. The van der Waals surface area contributed by atoms with Crippen molar-refractivity contribution in [2.24, 2.45) is 0 Å². The topological polar surface area (TPSA) is 41.1 Å². The minimum atomic E-state index is -0.119. The first-order valence-electron chi connectivity index (χ1n) is 6.80. The molecular weight excluding hydrogens is 212 g/mol. The van der Waals surface area contributed by atoms with Crippen molar-refractivity contribution in [1.29, 1.82) is 0 Å². The molecule has 3 nitrogen and oxygen atoms in total. The van der Waals surface area contributed by atoms with Crippen molar-refractivity contribution in [3.63, 3.8) is 0 Å². The van der Waals surface area contributed by atoms with Crippen molar-refractivity contribution in [2.45, 2.75) is 70.5 Å². The number of carbonyl (C=O) groups excluding carboxylic acids is 1. The molecule has 0 heterocycles. The van der Waals surface area contributed by atoms with E-state index in [1.165, 1.54) is 19.3 Å². The Morgan fingerprint density at radius 1 is 1.35 bits per heavy atom. The van der Waals surface area contributed by atoms with E-state index in [-0.39, 0.29) is 11.9 Å². The van der Waals surface area contributed by atoms with Gasteiger partial charge in [-0.15, -0.1) is 6.58 Å². The molecule has 2 unspecified atom stereocenters. The van der Waals surface area contributed by atoms with Crippen LogP contribution in [0.2, 0.25) is 0 Å². The zero-order chi connectivity index (χ0) is 12.7. The summed E-state index contributed by atoms with van der Waals surface area (Å²) in [6.45, 7) is 7.71. The second-order valence-corrected chi connectivity index (χ2v) is 5.16. The van der Waals surface area contributed by atoms with Gasteiger partial charge < -0.3 is 10.6 Å². The van der Waals surface area contributed by atoms with Crippen LogP contribution in [0.25, 0.3) is 0 Å². The van der Waals surface area contributed by atoms with Gasteiger partial charge in [0.05, 0.1) is 6.04 Å². The van der Waals surface area contributed by atoms with Gasteiger partial charge in [0.2, 0.25) is 5.91 Å². The van der Waals surface area contributed by atoms with Crippen molar-refractivity contribution in [2.75, 3.05) is 0 Å². The van der Waals surface area contributed by atoms with Crippen LogP contribution in [0, 0.1) is 0 Å². The monoisotopic (exact) mass is 238 g/mol. The van der Waals surface area contributed by atoms with Crippen LogP contribution in [0.5, 0.6) is 0 Å². The smallest absolute Gasteiger partial charge is 0.237 e. The summed E-state index contributed by atoms with van der Waals surface area (Å²) >= 11 is 0. The van der Waals surface area contributed by atoms with Gasteiger partial charge in [-0.3, -0.25) is 4.79 Å². The van der Waals surface area contributed by atoms with Crippen molar-refractivity contribution >= 4 is 5.91 Å². The fourth-order valence-corrected chi connectivity index (χ4v) is 2.39. The molecular formula is C14H26N2O. The zero-order valence-electron chi connectivity index (χ0n) is 11.2. The Labute approximate surface area is 105 Å². The van der Waals surface area contributed by atoms with Gasteiger partial charge in [0.15, 0.2) is 0 Å². The lowest BCUT2D eigenvalue weighted by molar-refractivity contribution is -0.123. The number of hydrogen-bond acceptors (Lipinski definition) is 2. The van der Waals surface area contributed by atoms with E-state index < -0.39 is 0 Å². The van der Waals surface area contributed by atoms with Crippen molar-refractivity contribution in [3.8, 4) is 0 Å². The largest absolute Gasteiger partial charge is 0.352 e. The lowest BCUT2D eigenvalue weighted by Crippen LogP contribution is -2.49. The standard InChI is InChI=1S/C14H26N2O/c1-4-8-11(2)15-12(3)14(17)16-13-9-6-5-7-10-13/h4,11-13,15H,1,5-10H2,2-3H3,(H,16,17). The fourth-order valence-electron chi connectivity index (χ4n) is 2.39. The van der Waals surface area contributed by atoms with E-state index in [9.17, 15) is 4.79 Å². The van der Waals surface area contributed by atoms with Gasteiger partial charge >= 0.3 is 0 Å². The Morgan fingerprint density at radius 2 is 2.00 bits per heavy atom. The van der Waals surface area contributed by atoms with Crippen molar-refractivity contribution in [3.05, 3.63) is 12.7 Å². The Bertz CT molecular complexity index is 247. The van der Waals surface area contributed by atoms with E-state index in [1.807, 2.05) is 13.0 Å². The molecule has 0 aromatic carbocycles. The molecule has 3 heteroatoms. The molecule has 0 aromatic rings. The van der Waals surface area contributed by atoms with Gasteiger partial charge in [0.1, 0.15) is 0 Å². The van der Waals surface area contributed by atoms with Crippen LogP contribution in [-0.4, -0.2) is 24.0 Å². The van der Waals surface area contributed by atoms with Gasteiger partial charge in [-0.25, -0.2) is 0 Å². The molecule has 1 aliphatic rings. The quantitative estimate of drug-likeness (QED) is 0.698. The van der Waals surface area contributed by atoms with E-state index >= 15 is 0 Å². The van der Waals surface area contributed by atoms with Gasteiger partial charge in [-0.2, -0.15) is 0 Å². The molecule has 1 amide bonds. The highest BCUT2D eigenvalue weighted by atomic mass is 16.2. The minimum absolute atomic E-state index is 0.119. The molecule has 1 fully saturated rings. The fraction of sp³-hybridized carbons (Fsp3) is 0.786. The molecule has 0 aromatic heterocycles. The van der Waals surface area contributed by atoms with Gasteiger partial charge in [0, 0.05) is 12.1 Å². The number of nitrogens with one attached hydrogen (secondary N) is 2. The predicted molar refractivity (Wildman–Crippen MR) is 71.9 cm³/mol. The molecule has 1 saturated carbocycles. The predicted octanol–water partition coefficient (Wildman–Crippen LogP) is 2.38. The van der Waals surface area contributed by atoms with E-state index in [4.69, 9.17) is 0 Å². The summed E-state index contributed by atoms with van der Waals surface area (Å²) < 4.78 is 0. The van der Waals surface area contributed by atoms with Crippen molar-refractivity contribution in [1.82, 2.24) is 10.6 Å². The maximum Gasteiger partial charge on any atom is 0.237 e. The highest BCUT2D eigenvalue weighted by Gasteiger charge is 2.20. The lowest BCUT2D eigenvalue weighted by Gasteiger charge is -2.25. The molecule has 2 N–H and O–H groups in total. The molecule has 0 spiro atoms. The average molecular weight is 238 g/mol. The molecule has 2 atom stereocenters. The molecule has 1 rings (SSSR count). The SMILES string of the molecule is C=CCC(C)NC(C)C(=O)NC1CCCCC1. The van der Waals surface area contributed by atoms with Crippen LogP contribution in [0.4, 0.5) is 0 Å². The third-order valence-electron chi connectivity index (χ3n) is 3.40. The second-order valence-electron chi connectivity index (χ2n) is 5.16. The van der Waals surface area contributed by atoms with E-state index in [0.717, 1.165) is 19.3 Å². The van der Waals surface area contributed by atoms with Crippen LogP contribution in [0.3, 0.4) is 0 Å². The molecule has 0 radical (unpaired) electrons. The second kappa shape index (κ2) is 7.49. The Morgan fingerprint density at radius 3 is 2.59 bits per heavy atom. The summed E-state index contributed by atoms with van der Waals surface area (Å²) in [7, 11) is 0. The minimum Gasteiger partial charge on any atom is -0.352 e. The zero-order valence-corrected chi connectivity index (χ0v) is 11.2. The maximum atomic E-state index is 12.0. The summed E-state index contributed by atoms with van der Waals surface area (Å²) in [4.78, 5) is 12.0. The normalized spacial score (nSPS) is 20.6. The number of amides is 1. The van der Waals surface area contributed by atoms with Gasteiger partial charge in [-0.1, -0.05) is 25.3 Å². The summed E-state index contributed by atoms with van der Waals surface area (Å²) in [5.41, 5.74) is 0. The Hall–Kier alpha value is -0.830. The van der Waals surface area contributed by atoms with Crippen LogP contribution in [-0.2, 0) is 4.79 Å². The molecule has 0 aliphatic heterocycles. The number of hydrogen-bond donors (Lipinski definition) is 2. The summed E-state index contributed by atoms with van der Waals surface area (Å²) in [5, 5.41) is 6.43. The number of rotatable bonds is 6. The molecule has 0 bridgehead atoms. The van der Waals surface area contributed by atoms with Crippen LogP contribution in [0.1, 0.15) is 52.4 Å². The summed E-state index contributed by atoms with van der Waals surface area (Å²) in [6.07, 6.45) is 8.86. The maximum absolute atomic E-state index is 12.0. The first kappa shape index (κ1) is 14.2.